The summed E-state index contributed by atoms with van der Waals surface area (Å²) in [5.74, 6) is -0.378. The van der Waals surface area contributed by atoms with Crippen molar-refractivity contribution in [2.24, 2.45) is 0 Å². The van der Waals surface area contributed by atoms with Crippen molar-refractivity contribution >= 4 is 23.3 Å². The maximum Gasteiger partial charge on any atom is 0.416 e. The molecule has 2 aromatic carbocycles. The zero-order chi connectivity index (χ0) is 30.6. The number of likely N-dealkylation sites (N-methyl/N-ethyl adjacent to an activating group) is 1. The van der Waals surface area contributed by atoms with Gasteiger partial charge in [-0.15, -0.1) is 5.10 Å². The van der Waals surface area contributed by atoms with Crippen LogP contribution >= 0.6 is 0 Å². The summed E-state index contributed by atoms with van der Waals surface area (Å²) >= 11 is 0. The number of rotatable bonds is 8. The molecule has 3 heterocycles. The summed E-state index contributed by atoms with van der Waals surface area (Å²) in [5, 5.41) is 13.5. The Morgan fingerprint density at radius 3 is 2.40 bits per heavy atom. The molecule has 1 aliphatic rings. The van der Waals surface area contributed by atoms with Crippen molar-refractivity contribution in [1.29, 1.82) is 0 Å². The number of carbonyl (C=O) groups is 2. The Kier molecular flexibility index (Phi) is 8.83. The molecule has 1 saturated heterocycles. The number of pyridine rings is 1. The fourth-order valence-electron chi connectivity index (χ4n) is 4.86. The summed E-state index contributed by atoms with van der Waals surface area (Å²) < 4.78 is 42.7. The normalized spacial score (nSPS) is 14.4. The standard InChI is InChI=1S/C30H31F3N8O2/c1-3-39-9-11-40(12-10-39)18-21-13-24(30(31,32)33)16-25(14-21)36-29(43)22-5-4-6-26(15-22)41-19-27(37-38-41)23-7-8-28(34-17-23)35-20(2)42/h4-8,13-17,19H,3,9-12,18H2,1-2H3,(H,36,43)(H,34,35,42). The van der Waals surface area contributed by atoms with E-state index in [2.05, 4.69) is 42.7 Å². The Morgan fingerprint density at radius 1 is 0.953 bits per heavy atom. The van der Waals surface area contributed by atoms with Crippen LogP contribution in [0.25, 0.3) is 16.9 Å². The van der Waals surface area contributed by atoms with Crippen LogP contribution in [-0.4, -0.2) is 74.3 Å². The first kappa shape index (κ1) is 29.9. The molecule has 2 N–H and O–H groups in total. The fraction of sp³-hybridized carbons (Fsp3) is 0.300. The number of nitrogens with one attached hydrogen (secondary N) is 2. The molecule has 1 fully saturated rings. The SMILES string of the molecule is CCN1CCN(Cc2cc(NC(=O)c3cccc(-n4cc(-c5ccc(NC(C)=O)nc5)nn4)c3)cc(C(F)(F)F)c2)CC1. The van der Waals surface area contributed by atoms with Gasteiger partial charge in [-0.25, -0.2) is 9.67 Å². The van der Waals surface area contributed by atoms with Gasteiger partial charge in [0.15, 0.2) is 0 Å². The molecule has 0 spiro atoms. The van der Waals surface area contributed by atoms with Crippen LogP contribution in [0.1, 0.15) is 35.3 Å². The lowest BCUT2D eigenvalue weighted by molar-refractivity contribution is -0.137. The molecule has 0 aliphatic carbocycles. The number of benzene rings is 2. The fourth-order valence-corrected chi connectivity index (χ4v) is 4.86. The van der Waals surface area contributed by atoms with E-state index in [-0.39, 0.29) is 17.2 Å². The molecule has 4 aromatic rings. The van der Waals surface area contributed by atoms with Crippen molar-refractivity contribution in [1.82, 2.24) is 29.8 Å². The van der Waals surface area contributed by atoms with Crippen molar-refractivity contribution in [2.45, 2.75) is 26.6 Å². The lowest BCUT2D eigenvalue weighted by Crippen LogP contribution is -2.45. The monoisotopic (exact) mass is 592 g/mol. The Balaban J connectivity index is 1.31. The van der Waals surface area contributed by atoms with Gasteiger partial charge in [-0.1, -0.05) is 18.2 Å². The van der Waals surface area contributed by atoms with Crippen molar-refractivity contribution in [3.05, 3.63) is 83.7 Å². The van der Waals surface area contributed by atoms with Crippen LogP contribution in [-0.2, 0) is 17.5 Å². The molecule has 0 bridgehead atoms. The number of halogens is 3. The maximum atomic E-state index is 13.7. The lowest BCUT2D eigenvalue weighted by atomic mass is 10.1. The topological polar surface area (TPSA) is 108 Å². The number of amides is 2. The number of aromatic nitrogens is 4. The lowest BCUT2D eigenvalue weighted by Gasteiger charge is -2.34. The predicted molar refractivity (Wildman–Crippen MR) is 156 cm³/mol. The second kappa shape index (κ2) is 12.7. The molecule has 10 nitrogen and oxygen atoms in total. The number of hydrogen-bond acceptors (Lipinski definition) is 7. The Morgan fingerprint density at radius 2 is 1.72 bits per heavy atom. The zero-order valence-corrected chi connectivity index (χ0v) is 23.7. The van der Waals surface area contributed by atoms with E-state index in [1.54, 1.807) is 54.9 Å². The van der Waals surface area contributed by atoms with E-state index in [4.69, 9.17) is 0 Å². The van der Waals surface area contributed by atoms with E-state index in [0.717, 1.165) is 44.9 Å². The number of carbonyl (C=O) groups excluding carboxylic acids is 2. The highest BCUT2D eigenvalue weighted by Gasteiger charge is 2.31. The molecule has 1 aliphatic heterocycles. The quantitative estimate of drug-likeness (QED) is 0.306. The Bertz CT molecular complexity index is 1600. The van der Waals surface area contributed by atoms with Crippen LogP contribution in [0, 0.1) is 0 Å². The van der Waals surface area contributed by atoms with Gasteiger partial charge in [-0.3, -0.25) is 14.5 Å². The molecule has 5 rings (SSSR count). The van der Waals surface area contributed by atoms with Crippen molar-refractivity contribution in [2.75, 3.05) is 43.4 Å². The van der Waals surface area contributed by atoms with E-state index in [0.29, 0.717) is 34.9 Å². The smallest absolute Gasteiger partial charge is 0.322 e. The summed E-state index contributed by atoms with van der Waals surface area (Å²) in [6.07, 6.45) is -1.34. The third kappa shape index (κ3) is 7.62. The largest absolute Gasteiger partial charge is 0.416 e. The molecule has 224 valence electrons. The minimum atomic E-state index is -4.55. The first-order valence-corrected chi connectivity index (χ1v) is 13.8. The molecule has 0 saturated carbocycles. The van der Waals surface area contributed by atoms with E-state index >= 15 is 0 Å². The minimum absolute atomic E-state index is 0.0747. The number of alkyl halides is 3. The van der Waals surface area contributed by atoms with Gasteiger partial charge in [0, 0.05) is 62.7 Å². The molecule has 2 amide bonds. The summed E-state index contributed by atoms with van der Waals surface area (Å²) in [5.41, 5.74) is 1.71. The first-order valence-electron chi connectivity index (χ1n) is 13.8. The molecular formula is C30H31F3N8O2. The van der Waals surface area contributed by atoms with E-state index < -0.39 is 17.6 Å². The van der Waals surface area contributed by atoms with Gasteiger partial charge >= 0.3 is 6.18 Å². The van der Waals surface area contributed by atoms with E-state index in [1.165, 1.54) is 11.6 Å². The highest BCUT2D eigenvalue weighted by molar-refractivity contribution is 6.04. The van der Waals surface area contributed by atoms with Gasteiger partial charge in [-0.05, 0) is 60.6 Å². The van der Waals surface area contributed by atoms with Crippen LogP contribution in [0.5, 0.6) is 0 Å². The van der Waals surface area contributed by atoms with E-state index in [9.17, 15) is 22.8 Å². The number of anilines is 2. The molecule has 0 radical (unpaired) electrons. The average molecular weight is 593 g/mol. The highest BCUT2D eigenvalue weighted by Crippen LogP contribution is 2.32. The van der Waals surface area contributed by atoms with Gasteiger partial charge in [0.2, 0.25) is 5.91 Å². The summed E-state index contributed by atoms with van der Waals surface area (Å²) in [7, 11) is 0. The van der Waals surface area contributed by atoms with Gasteiger partial charge in [0.05, 0.1) is 17.4 Å². The van der Waals surface area contributed by atoms with Crippen molar-refractivity contribution in [3.63, 3.8) is 0 Å². The Hall–Kier alpha value is -4.62. The maximum absolute atomic E-state index is 13.7. The van der Waals surface area contributed by atoms with Gasteiger partial charge < -0.3 is 15.5 Å². The predicted octanol–water partition coefficient (Wildman–Crippen LogP) is 4.70. The third-order valence-corrected chi connectivity index (χ3v) is 7.13. The second-order valence-electron chi connectivity index (χ2n) is 10.3. The first-order chi connectivity index (χ1) is 20.6. The minimum Gasteiger partial charge on any atom is -0.322 e. The van der Waals surface area contributed by atoms with Crippen LogP contribution in [0.2, 0.25) is 0 Å². The Labute approximate surface area is 246 Å². The molecule has 0 atom stereocenters. The van der Waals surface area contributed by atoms with E-state index in [1.807, 2.05) is 0 Å². The molecular weight excluding hydrogens is 561 g/mol. The van der Waals surface area contributed by atoms with Crippen molar-refractivity contribution in [3.8, 4) is 16.9 Å². The molecule has 13 heteroatoms. The second-order valence-corrected chi connectivity index (χ2v) is 10.3. The zero-order valence-electron chi connectivity index (χ0n) is 23.7. The van der Waals surface area contributed by atoms with Crippen LogP contribution in [0.15, 0.2) is 67.0 Å². The summed E-state index contributed by atoms with van der Waals surface area (Å²) in [4.78, 5) is 33.0. The summed E-state index contributed by atoms with van der Waals surface area (Å²) in [6.45, 7) is 8.05. The number of nitrogens with zero attached hydrogens (tertiary/aromatic N) is 6. The molecule has 2 aromatic heterocycles. The van der Waals surface area contributed by atoms with Crippen LogP contribution in [0.3, 0.4) is 0 Å². The number of piperazine rings is 1. The number of hydrogen-bond donors (Lipinski definition) is 2. The highest BCUT2D eigenvalue weighted by atomic mass is 19.4. The molecule has 43 heavy (non-hydrogen) atoms. The average Bonchev–Trinajstić information content (AvgIpc) is 3.48. The van der Waals surface area contributed by atoms with Crippen LogP contribution < -0.4 is 10.6 Å². The van der Waals surface area contributed by atoms with Gasteiger partial charge in [-0.2, -0.15) is 13.2 Å². The van der Waals surface area contributed by atoms with Gasteiger partial charge in [0.25, 0.3) is 5.91 Å². The van der Waals surface area contributed by atoms with Crippen LogP contribution in [0.4, 0.5) is 24.7 Å². The third-order valence-electron chi connectivity index (χ3n) is 7.13. The summed E-state index contributed by atoms with van der Waals surface area (Å²) in [6, 6.07) is 13.6. The van der Waals surface area contributed by atoms with Gasteiger partial charge in [0.1, 0.15) is 11.5 Å². The molecule has 0 unspecified atom stereocenters. The van der Waals surface area contributed by atoms with Crippen molar-refractivity contribution < 1.29 is 22.8 Å².